The van der Waals surface area contributed by atoms with Crippen LogP contribution in [0.2, 0.25) is 0 Å². The molecule has 0 fully saturated rings. The van der Waals surface area contributed by atoms with Crippen LogP contribution in [0, 0.1) is 0 Å². The zero-order chi connectivity index (χ0) is 15.2. The number of pyridine rings is 2. The number of imidazole rings is 1. The van der Waals surface area contributed by atoms with Gasteiger partial charge in [-0.15, -0.1) is 0 Å². The summed E-state index contributed by atoms with van der Waals surface area (Å²) >= 11 is 0. The Kier molecular flexibility index (Phi) is 2.34. The molecule has 8 nitrogen and oxygen atoms in total. The van der Waals surface area contributed by atoms with Crippen molar-refractivity contribution in [3.8, 4) is 22.8 Å². The highest BCUT2D eigenvalue weighted by Gasteiger charge is 2.14. The molecule has 0 radical (unpaired) electrons. The van der Waals surface area contributed by atoms with Crippen molar-refractivity contribution in [1.29, 1.82) is 0 Å². The van der Waals surface area contributed by atoms with Crippen LogP contribution < -0.4 is 0 Å². The number of nitrogens with one attached hydrogen (secondary N) is 3. The normalized spacial score (nSPS) is 11.5. The van der Waals surface area contributed by atoms with Crippen molar-refractivity contribution in [3.05, 3.63) is 43.1 Å². The zero-order valence-electron chi connectivity index (χ0n) is 11.8. The fraction of sp³-hybridized carbons (Fsp3) is 0. The maximum Gasteiger partial charge on any atom is 0.159 e. The lowest BCUT2D eigenvalue weighted by molar-refractivity contribution is 1.09. The van der Waals surface area contributed by atoms with Crippen molar-refractivity contribution in [2.45, 2.75) is 0 Å². The summed E-state index contributed by atoms with van der Waals surface area (Å²) in [6.07, 6.45) is 8.77. The summed E-state index contributed by atoms with van der Waals surface area (Å²) in [5.74, 6) is 0.698. The van der Waals surface area contributed by atoms with Crippen molar-refractivity contribution >= 4 is 21.9 Å². The minimum Gasteiger partial charge on any atom is -0.335 e. The molecular formula is C15H10N8. The van der Waals surface area contributed by atoms with Crippen molar-refractivity contribution in [2.75, 3.05) is 0 Å². The molecule has 110 valence electrons. The van der Waals surface area contributed by atoms with E-state index in [1.54, 1.807) is 31.0 Å². The highest BCUT2D eigenvalue weighted by molar-refractivity contribution is 5.94. The third-order valence-corrected chi connectivity index (χ3v) is 3.75. The van der Waals surface area contributed by atoms with Crippen LogP contribution in [-0.4, -0.2) is 40.3 Å². The van der Waals surface area contributed by atoms with E-state index in [9.17, 15) is 0 Å². The highest BCUT2D eigenvalue weighted by atomic mass is 15.1. The predicted octanol–water partition coefficient (Wildman–Crippen LogP) is 2.29. The smallest absolute Gasteiger partial charge is 0.159 e. The molecule has 0 spiro atoms. The Bertz CT molecular complexity index is 1090. The Balaban J connectivity index is 1.73. The molecule has 0 aromatic carbocycles. The van der Waals surface area contributed by atoms with Gasteiger partial charge >= 0.3 is 0 Å². The summed E-state index contributed by atoms with van der Waals surface area (Å²) in [5, 5.41) is 15.1. The number of aromatic amines is 3. The molecule has 0 saturated heterocycles. The number of hydrogen-bond donors (Lipinski definition) is 3. The molecule has 0 atom stereocenters. The van der Waals surface area contributed by atoms with Gasteiger partial charge in [-0.3, -0.25) is 20.2 Å². The molecule has 0 aliphatic rings. The molecule has 0 amide bonds. The first kappa shape index (κ1) is 12.0. The van der Waals surface area contributed by atoms with Gasteiger partial charge in [-0.05, 0) is 12.1 Å². The molecule has 5 rings (SSSR count). The summed E-state index contributed by atoms with van der Waals surface area (Å²) in [6.45, 7) is 0. The number of rotatable bonds is 2. The Morgan fingerprint density at radius 2 is 2.04 bits per heavy atom. The van der Waals surface area contributed by atoms with Crippen LogP contribution in [0.25, 0.3) is 44.7 Å². The minimum absolute atomic E-state index is 0.698. The van der Waals surface area contributed by atoms with Crippen molar-refractivity contribution in [2.24, 2.45) is 0 Å². The van der Waals surface area contributed by atoms with Crippen LogP contribution >= 0.6 is 0 Å². The monoisotopic (exact) mass is 302 g/mol. The van der Waals surface area contributed by atoms with Crippen LogP contribution in [-0.2, 0) is 0 Å². The van der Waals surface area contributed by atoms with Gasteiger partial charge in [-0.1, -0.05) is 0 Å². The Morgan fingerprint density at radius 3 is 2.91 bits per heavy atom. The van der Waals surface area contributed by atoms with E-state index in [-0.39, 0.29) is 0 Å². The van der Waals surface area contributed by atoms with Gasteiger partial charge in [0.1, 0.15) is 5.69 Å². The van der Waals surface area contributed by atoms with Crippen molar-refractivity contribution in [3.63, 3.8) is 0 Å². The summed E-state index contributed by atoms with van der Waals surface area (Å²) < 4.78 is 0. The summed E-state index contributed by atoms with van der Waals surface area (Å²) in [5.41, 5.74) is 5.09. The average molecular weight is 302 g/mol. The standard InChI is InChI=1S/C15H10N8/c1-2-16-6-13-10(1)20-15(21-13)14-9-3-11(8-4-18-19-5-8)17-7-12(9)22-23-14/h1-7H,(H,18,19)(H,20,21)(H,22,23). The third kappa shape index (κ3) is 1.81. The molecule has 8 heteroatoms. The van der Waals surface area contributed by atoms with Gasteiger partial charge < -0.3 is 4.98 Å². The van der Waals surface area contributed by atoms with Crippen LogP contribution in [0.15, 0.2) is 43.1 Å². The number of H-pyrrole nitrogens is 3. The maximum atomic E-state index is 4.58. The number of nitrogens with zero attached hydrogens (tertiary/aromatic N) is 5. The summed E-state index contributed by atoms with van der Waals surface area (Å²) in [7, 11) is 0. The zero-order valence-corrected chi connectivity index (χ0v) is 11.8. The molecule has 0 unspecified atom stereocenters. The third-order valence-electron chi connectivity index (χ3n) is 3.75. The van der Waals surface area contributed by atoms with E-state index in [4.69, 9.17) is 0 Å². The largest absolute Gasteiger partial charge is 0.335 e. The molecule has 0 aliphatic carbocycles. The number of aromatic nitrogens is 8. The SMILES string of the molecule is c1cc2nc(-c3n[nH]c4cnc(-c5cn[nH]c5)cc34)[nH]c2cn1. The maximum absolute atomic E-state index is 4.58. The van der Waals surface area contributed by atoms with Gasteiger partial charge in [-0.2, -0.15) is 10.2 Å². The molecule has 0 bridgehead atoms. The molecule has 3 N–H and O–H groups in total. The van der Waals surface area contributed by atoms with Crippen LogP contribution in [0.4, 0.5) is 0 Å². The van der Waals surface area contributed by atoms with Gasteiger partial charge in [0.25, 0.3) is 0 Å². The fourth-order valence-electron chi connectivity index (χ4n) is 2.62. The highest BCUT2D eigenvalue weighted by Crippen LogP contribution is 2.28. The van der Waals surface area contributed by atoms with Gasteiger partial charge in [0.2, 0.25) is 0 Å². The first-order chi connectivity index (χ1) is 11.4. The lowest BCUT2D eigenvalue weighted by Crippen LogP contribution is -1.84. The van der Waals surface area contributed by atoms with Gasteiger partial charge in [0.15, 0.2) is 5.82 Å². The lowest BCUT2D eigenvalue weighted by Gasteiger charge is -1.97. The Labute approximate surface area is 129 Å². The van der Waals surface area contributed by atoms with E-state index in [1.165, 1.54) is 0 Å². The quantitative estimate of drug-likeness (QED) is 0.463. The first-order valence-electron chi connectivity index (χ1n) is 7.02. The van der Waals surface area contributed by atoms with Crippen LogP contribution in [0.1, 0.15) is 0 Å². The minimum atomic E-state index is 0.698. The Morgan fingerprint density at radius 1 is 1.04 bits per heavy atom. The van der Waals surface area contributed by atoms with E-state index < -0.39 is 0 Å². The first-order valence-corrected chi connectivity index (χ1v) is 7.02. The van der Waals surface area contributed by atoms with E-state index in [1.807, 2.05) is 12.1 Å². The Hall–Kier alpha value is -3.55. The number of hydrogen-bond acceptors (Lipinski definition) is 5. The predicted molar refractivity (Wildman–Crippen MR) is 84.4 cm³/mol. The van der Waals surface area contributed by atoms with Crippen LogP contribution in [0.5, 0.6) is 0 Å². The van der Waals surface area contributed by atoms with E-state index >= 15 is 0 Å². The second-order valence-electron chi connectivity index (χ2n) is 5.15. The van der Waals surface area contributed by atoms with E-state index in [0.29, 0.717) is 5.82 Å². The molecule has 5 aromatic heterocycles. The fourth-order valence-corrected chi connectivity index (χ4v) is 2.62. The van der Waals surface area contributed by atoms with E-state index in [0.717, 1.165) is 38.9 Å². The lowest BCUT2D eigenvalue weighted by atomic mass is 10.1. The second-order valence-corrected chi connectivity index (χ2v) is 5.15. The van der Waals surface area contributed by atoms with Crippen molar-refractivity contribution in [1.82, 2.24) is 40.3 Å². The number of fused-ring (bicyclic) bond motifs is 2. The summed E-state index contributed by atoms with van der Waals surface area (Å²) in [6, 6.07) is 3.84. The van der Waals surface area contributed by atoms with Gasteiger partial charge in [0.05, 0.1) is 40.8 Å². The van der Waals surface area contributed by atoms with Gasteiger partial charge in [-0.25, -0.2) is 4.98 Å². The molecule has 5 aromatic rings. The molecule has 0 saturated carbocycles. The average Bonchev–Trinajstić information content (AvgIpc) is 3.32. The molecule has 0 aliphatic heterocycles. The van der Waals surface area contributed by atoms with Crippen molar-refractivity contribution < 1.29 is 0 Å². The molecular weight excluding hydrogens is 292 g/mol. The molecule has 23 heavy (non-hydrogen) atoms. The van der Waals surface area contributed by atoms with Crippen LogP contribution in [0.3, 0.4) is 0 Å². The van der Waals surface area contributed by atoms with E-state index in [2.05, 4.69) is 40.3 Å². The summed E-state index contributed by atoms with van der Waals surface area (Å²) in [4.78, 5) is 16.4. The second kappa shape index (κ2) is 4.47. The molecule has 5 heterocycles. The topological polar surface area (TPSA) is 112 Å². The van der Waals surface area contributed by atoms with Gasteiger partial charge in [0, 0.05) is 23.3 Å².